The number of nitrogens with zero attached hydrogens (tertiary/aromatic N) is 3. The molecule has 4 heteroatoms. The second-order valence-electron chi connectivity index (χ2n) is 14.5. The van der Waals surface area contributed by atoms with E-state index in [0.29, 0.717) is 11.4 Å². The van der Waals surface area contributed by atoms with Gasteiger partial charge in [0.1, 0.15) is 11.6 Å². The highest BCUT2D eigenvalue weighted by molar-refractivity contribution is 5.98. The fourth-order valence-corrected chi connectivity index (χ4v) is 6.66. The van der Waals surface area contributed by atoms with E-state index in [1.54, 1.807) is 6.07 Å². The minimum absolute atomic E-state index is 0.128. The van der Waals surface area contributed by atoms with Gasteiger partial charge >= 0.3 is 0 Å². The van der Waals surface area contributed by atoms with Gasteiger partial charge in [-0.3, -0.25) is 9.55 Å². The van der Waals surface area contributed by atoms with Crippen LogP contribution in [-0.4, -0.2) is 19.6 Å². The summed E-state index contributed by atoms with van der Waals surface area (Å²) < 4.78 is 2.15. The first-order valence-corrected chi connectivity index (χ1v) is 16.6. The lowest BCUT2D eigenvalue weighted by atomic mass is 9.74. The molecule has 0 saturated heterocycles. The minimum atomic E-state index is -0.155. The Morgan fingerprint density at radius 1 is 0.542 bits per heavy atom. The number of rotatable bonds is 5. The number of hydrogen-bond donors (Lipinski definition) is 1. The van der Waals surface area contributed by atoms with Gasteiger partial charge in [0.15, 0.2) is 0 Å². The van der Waals surface area contributed by atoms with Crippen molar-refractivity contribution in [1.82, 2.24) is 14.5 Å². The monoisotopic (exact) mass is 627 g/mol. The Hall–Kier alpha value is -5.48. The normalized spacial score (nSPS) is 12.0. The summed E-state index contributed by atoms with van der Waals surface area (Å²) in [5.74, 6) is 0.894. The fraction of sp³-hybridized carbons (Fsp3) is 0.182. The van der Waals surface area contributed by atoms with Gasteiger partial charge in [-0.2, -0.15) is 0 Å². The first-order valence-electron chi connectivity index (χ1n) is 16.6. The van der Waals surface area contributed by atoms with Gasteiger partial charge in [0.25, 0.3) is 0 Å². The number of aromatic hydroxyl groups is 1. The van der Waals surface area contributed by atoms with Crippen LogP contribution < -0.4 is 0 Å². The van der Waals surface area contributed by atoms with Gasteiger partial charge in [-0.15, -0.1) is 0 Å². The van der Waals surface area contributed by atoms with Crippen LogP contribution in [0.5, 0.6) is 5.75 Å². The average Bonchev–Trinajstić information content (AvgIpc) is 3.47. The summed E-state index contributed by atoms with van der Waals surface area (Å²) >= 11 is 0. The van der Waals surface area contributed by atoms with E-state index in [-0.39, 0.29) is 16.6 Å². The standard InChI is InChI=1S/C44H41N3O/c1-43(2,3)36-28-37(44(4,5)6)35(38-26-30(24-25-45-38)29-16-9-7-10-17-29)27-34(36)32-21-15-22-39-41(32)46-42(33-20-13-14-23-40(33)48)47(39)31-18-11-8-12-19-31/h7-28,48H,1-6H3. The molecule has 0 fully saturated rings. The molecule has 48 heavy (non-hydrogen) atoms. The molecule has 0 radical (unpaired) electrons. The van der Waals surface area contributed by atoms with Crippen molar-refractivity contribution in [3.8, 4) is 56.3 Å². The first-order chi connectivity index (χ1) is 23.0. The third-order valence-electron chi connectivity index (χ3n) is 9.05. The van der Waals surface area contributed by atoms with E-state index in [1.807, 2.05) is 48.7 Å². The number of aromatic nitrogens is 3. The van der Waals surface area contributed by atoms with Crippen LogP contribution >= 0.6 is 0 Å². The maximum atomic E-state index is 11.0. The molecule has 2 heterocycles. The molecule has 238 valence electrons. The zero-order chi connectivity index (χ0) is 33.6. The van der Waals surface area contributed by atoms with E-state index in [9.17, 15) is 5.11 Å². The van der Waals surface area contributed by atoms with Gasteiger partial charge in [0, 0.05) is 23.0 Å². The number of pyridine rings is 1. The second kappa shape index (κ2) is 12.0. The molecule has 7 aromatic rings. The van der Waals surface area contributed by atoms with Gasteiger partial charge in [0.05, 0.1) is 22.3 Å². The number of fused-ring (bicyclic) bond motifs is 1. The highest BCUT2D eigenvalue weighted by Crippen LogP contribution is 2.45. The number of hydrogen-bond acceptors (Lipinski definition) is 3. The van der Waals surface area contributed by atoms with Crippen LogP contribution in [0.2, 0.25) is 0 Å². The second-order valence-corrected chi connectivity index (χ2v) is 14.5. The Labute approximate surface area is 283 Å². The summed E-state index contributed by atoms with van der Waals surface area (Å²) in [6.07, 6.45) is 1.92. The molecule has 0 aliphatic carbocycles. The number of benzene rings is 5. The van der Waals surface area contributed by atoms with Gasteiger partial charge < -0.3 is 5.11 Å². The summed E-state index contributed by atoms with van der Waals surface area (Å²) in [4.78, 5) is 10.3. The quantitative estimate of drug-likeness (QED) is 0.207. The third-order valence-corrected chi connectivity index (χ3v) is 9.05. The van der Waals surface area contributed by atoms with E-state index < -0.39 is 0 Å². The van der Waals surface area contributed by atoms with Crippen molar-refractivity contribution in [1.29, 1.82) is 0 Å². The van der Waals surface area contributed by atoms with Crippen molar-refractivity contribution in [3.63, 3.8) is 0 Å². The molecule has 0 aliphatic heterocycles. The predicted molar refractivity (Wildman–Crippen MR) is 200 cm³/mol. The average molecular weight is 628 g/mol. The highest BCUT2D eigenvalue weighted by atomic mass is 16.3. The van der Waals surface area contributed by atoms with Crippen molar-refractivity contribution in [3.05, 3.63) is 145 Å². The van der Waals surface area contributed by atoms with Gasteiger partial charge in [-0.1, -0.05) is 120 Å². The summed E-state index contributed by atoms with van der Waals surface area (Å²) in [5, 5.41) is 11.0. The summed E-state index contributed by atoms with van der Waals surface area (Å²) in [7, 11) is 0. The minimum Gasteiger partial charge on any atom is -0.507 e. The Bertz CT molecular complexity index is 2250. The van der Waals surface area contributed by atoms with E-state index in [0.717, 1.165) is 50.2 Å². The lowest BCUT2D eigenvalue weighted by Gasteiger charge is -2.30. The van der Waals surface area contributed by atoms with Crippen LogP contribution in [-0.2, 0) is 10.8 Å². The Morgan fingerprint density at radius 3 is 1.85 bits per heavy atom. The lowest BCUT2D eigenvalue weighted by molar-refractivity contribution is 0.477. The van der Waals surface area contributed by atoms with Crippen molar-refractivity contribution in [2.75, 3.05) is 0 Å². The molecule has 0 atom stereocenters. The summed E-state index contributed by atoms with van der Waals surface area (Å²) in [6, 6.07) is 43.6. The maximum absolute atomic E-state index is 11.0. The maximum Gasteiger partial charge on any atom is 0.149 e. The third kappa shape index (κ3) is 5.68. The molecule has 0 unspecified atom stereocenters. The number of para-hydroxylation sites is 3. The summed E-state index contributed by atoms with van der Waals surface area (Å²) in [6.45, 7) is 13.7. The van der Waals surface area contributed by atoms with Gasteiger partial charge in [-0.25, -0.2) is 4.98 Å². The molecule has 0 spiro atoms. The number of imidazole rings is 1. The highest BCUT2D eigenvalue weighted by Gasteiger charge is 2.29. The largest absolute Gasteiger partial charge is 0.507 e. The van der Waals surface area contributed by atoms with Gasteiger partial charge in [0.2, 0.25) is 0 Å². The lowest BCUT2D eigenvalue weighted by Crippen LogP contribution is -2.19. The van der Waals surface area contributed by atoms with Crippen LogP contribution in [0.15, 0.2) is 134 Å². The zero-order valence-corrected chi connectivity index (χ0v) is 28.5. The predicted octanol–water partition coefficient (Wildman–Crippen LogP) is 11.4. The molecule has 2 aromatic heterocycles. The number of phenols is 1. The number of phenolic OH excluding ortho intramolecular Hbond substituents is 1. The molecule has 0 amide bonds. The van der Waals surface area contributed by atoms with E-state index >= 15 is 0 Å². The molecular formula is C44H41N3O. The van der Waals surface area contributed by atoms with Crippen molar-refractivity contribution < 1.29 is 5.11 Å². The van der Waals surface area contributed by atoms with E-state index in [2.05, 4.69) is 125 Å². The zero-order valence-electron chi connectivity index (χ0n) is 28.5. The summed E-state index contributed by atoms with van der Waals surface area (Å²) in [5.41, 5.74) is 12.3. The fourth-order valence-electron chi connectivity index (χ4n) is 6.66. The van der Waals surface area contributed by atoms with Crippen LogP contribution in [0.25, 0.3) is 61.6 Å². The van der Waals surface area contributed by atoms with Crippen LogP contribution in [0, 0.1) is 0 Å². The molecule has 7 rings (SSSR count). The Morgan fingerprint density at radius 2 is 1.17 bits per heavy atom. The molecular weight excluding hydrogens is 587 g/mol. The SMILES string of the molecule is CC(C)(C)c1cc(C(C)(C)C)c(-c2cccc3c2nc(-c2ccccc2O)n3-c2ccccc2)cc1-c1cc(-c2ccccc2)ccn1. The molecule has 0 aliphatic rings. The van der Waals surface area contributed by atoms with Gasteiger partial charge in [-0.05, 0) is 87.2 Å². The van der Waals surface area contributed by atoms with Crippen LogP contribution in [0.3, 0.4) is 0 Å². The van der Waals surface area contributed by atoms with Crippen LogP contribution in [0.4, 0.5) is 0 Å². The smallest absolute Gasteiger partial charge is 0.149 e. The Balaban J connectivity index is 1.55. The molecule has 4 nitrogen and oxygen atoms in total. The molecule has 0 bridgehead atoms. The van der Waals surface area contributed by atoms with E-state index in [1.165, 1.54) is 11.1 Å². The molecule has 0 saturated carbocycles. The van der Waals surface area contributed by atoms with Crippen molar-refractivity contribution in [2.45, 2.75) is 52.4 Å². The molecule has 5 aromatic carbocycles. The van der Waals surface area contributed by atoms with E-state index in [4.69, 9.17) is 9.97 Å². The molecule has 1 N–H and O–H groups in total. The topological polar surface area (TPSA) is 50.9 Å². The van der Waals surface area contributed by atoms with Crippen LogP contribution in [0.1, 0.15) is 52.7 Å². The Kier molecular flexibility index (Phi) is 7.75. The van der Waals surface area contributed by atoms with Crippen molar-refractivity contribution in [2.24, 2.45) is 0 Å². The first kappa shape index (κ1) is 31.1. The van der Waals surface area contributed by atoms with Crippen molar-refractivity contribution >= 4 is 11.0 Å².